The van der Waals surface area contributed by atoms with Crippen molar-refractivity contribution in [1.82, 2.24) is 15.0 Å². The summed E-state index contributed by atoms with van der Waals surface area (Å²) in [4.78, 5) is 10.3. The van der Waals surface area contributed by atoms with Crippen molar-refractivity contribution in [2.75, 3.05) is 6.61 Å². The fraction of sp³-hybridized carbons (Fsp3) is 0.222. The van der Waals surface area contributed by atoms with Crippen molar-refractivity contribution in [3.8, 4) is 5.75 Å². The van der Waals surface area contributed by atoms with E-state index in [0.29, 0.717) is 5.75 Å². The van der Waals surface area contributed by atoms with Crippen molar-refractivity contribution in [2.24, 2.45) is 7.05 Å². The lowest BCUT2D eigenvalue weighted by molar-refractivity contribution is -0.139. The molecule has 0 unspecified atom stereocenters. The number of carboxylic acid groups (broad SMARTS) is 1. The minimum atomic E-state index is -1.00. The molecule has 78 valence electrons. The molecule has 0 radical (unpaired) electrons. The Kier molecular flexibility index (Phi) is 2.24. The number of aromatic nitrogens is 3. The third-order valence-corrected chi connectivity index (χ3v) is 1.94. The Morgan fingerprint density at radius 1 is 1.60 bits per heavy atom. The van der Waals surface area contributed by atoms with Crippen molar-refractivity contribution in [3.05, 3.63) is 18.2 Å². The number of ether oxygens (including phenoxy) is 1. The zero-order chi connectivity index (χ0) is 10.8. The second kappa shape index (κ2) is 3.56. The summed E-state index contributed by atoms with van der Waals surface area (Å²) in [5, 5.41) is 16.2. The Morgan fingerprint density at radius 3 is 3.13 bits per heavy atom. The largest absolute Gasteiger partial charge is 0.482 e. The first-order valence-corrected chi connectivity index (χ1v) is 4.31. The normalized spacial score (nSPS) is 10.5. The highest BCUT2D eigenvalue weighted by atomic mass is 16.5. The van der Waals surface area contributed by atoms with Crippen LogP contribution in [0.2, 0.25) is 0 Å². The standard InChI is InChI=1S/C9H9N3O3/c1-12-8-4-6(15-5-9(13)14)2-3-7(8)10-11-12/h2-4H,5H2,1H3,(H,13,14). The van der Waals surface area contributed by atoms with Gasteiger partial charge in [-0.3, -0.25) is 0 Å². The van der Waals surface area contributed by atoms with Crippen LogP contribution in [0.3, 0.4) is 0 Å². The summed E-state index contributed by atoms with van der Waals surface area (Å²) < 4.78 is 6.63. The lowest BCUT2D eigenvalue weighted by Gasteiger charge is -2.02. The van der Waals surface area contributed by atoms with Gasteiger partial charge in [0.1, 0.15) is 11.3 Å². The number of rotatable bonds is 3. The summed E-state index contributed by atoms with van der Waals surface area (Å²) in [6.45, 7) is -0.350. The molecular weight excluding hydrogens is 198 g/mol. The fourth-order valence-corrected chi connectivity index (χ4v) is 1.25. The molecule has 15 heavy (non-hydrogen) atoms. The molecular formula is C9H9N3O3. The van der Waals surface area contributed by atoms with E-state index in [0.717, 1.165) is 11.0 Å². The molecule has 6 heteroatoms. The maximum Gasteiger partial charge on any atom is 0.341 e. The minimum absolute atomic E-state index is 0.350. The van der Waals surface area contributed by atoms with E-state index in [2.05, 4.69) is 10.3 Å². The number of aliphatic carboxylic acids is 1. The van der Waals surface area contributed by atoms with Crippen molar-refractivity contribution in [1.29, 1.82) is 0 Å². The summed E-state index contributed by atoms with van der Waals surface area (Å²) >= 11 is 0. The lowest BCUT2D eigenvalue weighted by atomic mass is 10.3. The van der Waals surface area contributed by atoms with E-state index < -0.39 is 5.97 Å². The van der Waals surface area contributed by atoms with Crippen LogP contribution in [0.25, 0.3) is 11.0 Å². The molecule has 0 spiro atoms. The van der Waals surface area contributed by atoms with Gasteiger partial charge in [0.05, 0.1) is 5.52 Å². The second-order valence-electron chi connectivity index (χ2n) is 3.05. The van der Waals surface area contributed by atoms with Gasteiger partial charge < -0.3 is 9.84 Å². The number of carboxylic acids is 1. The van der Waals surface area contributed by atoms with E-state index in [-0.39, 0.29) is 6.61 Å². The van der Waals surface area contributed by atoms with Gasteiger partial charge in [-0.15, -0.1) is 5.10 Å². The molecule has 0 amide bonds. The lowest BCUT2D eigenvalue weighted by Crippen LogP contribution is -2.09. The monoisotopic (exact) mass is 207 g/mol. The number of benzene rings is 1. The second-order valence-corrected chi connectivity index (χ2v) is 3.05. The third kappa shape index (κ3) is 1.88. The third-order valence-electron chi connectivity index (χ3n) is 1.94. The molecule has 0 bridgehead atoms. The zero-order valence-electron chi connectivity index (χ0n) is 8.04. The SMILES string of the molecule is Cn1nnc2ccc(OCC(=O)O)cc21. The van der Waals surface area contributed by atoms with E-state index in [9.17, 15) is 4.79 Å². The highest BCUT2D eigenvalue weighted by Gasteiger charge is 2.04. The van der Waals surface area contributed by atoms with Crippen molar-refractivity contribution >= 4 is 17.0 Å². The van der Waals surface area contributed by atoms with Crippen LogP contribution in [-0.2, 0) is 11.8 Å². The number of hydrogen-bond donors (Lipinski definition) is 1. The van der Waals surface area contributed by atoms with E-state index in [1.165, 1.54) is 0 Å². The number of aryl methyl sites for hydroxylation is 1. The molecule has 1 heterocycles. The molecule has 0 saturated heterocycles. The number of hydrogen-bond acceptors (Lipinski definition) is 4. The predicted molar refractivity (Wildman–Crippen MR) is 51.6 cm³/mol. The first-order valence-electron chi connectivity index (χ1n) is 4.31. The number of nitrogens with zero attached hydrogens (tertiary/aromatic N) is 3. The molecule has 1 aromatic carbocycles. The van der Waals surface area contributed by atoms with Crippen molar-refractivity contribution in [3.63, 3.8) is 0 Å². The van der Waals surface area contributed by atoms with Gasteiger partial charge in [-0.25, -0.2) is 9.48 Å². The van der Waals surface area contributed by atoms with Crippen LogP contribution in [-0.4, -0.2) is 32.7 Å². The minimum Gasteiger partial charge on any atom is -0.482 e. The average Bonchev–Trinajstić information content (AvgIpc) is 2.57. The van der Waals surface area contributed by atoms with E-state index >= 15 is 0 Å². The average molecular weight is 207 g/mol. The maximum absolute atomic E-state index is 10.3. The Bertz CT molecular complexity index is 506. The molecule has 0 aliphatic carbocycles. The van der Waals surface area contributed by atoms with Crippen LogP contribution < -0.4 is 4.74 Å². The van der Waals surface area contributed by atoms with Gasteiger partial charge in [-0.2, -0.15) is 0 Å². The molecule has 0 atom stereocenters. The highest BCUT2D eigenvalue weighted by molar-refractivity contribution is 5.76. The molecule has 0 fully saturated rings. The van der Waals surface area contributed by atoms with Gasteiger partial charge in [0.15, 0.2) is 6.61 Å². The van der Waals surface area contributed by atoms with Crippen LogP contribution in [0.4, 0.5) is 0 Å². The van der Waals surface area contributed by atoms with Crippen molar-refractivity contribution < 1.29 is 14.6 Å². The van der Waals surface area contributed by atoms with Gasteiger partial charge >= 0.3 is 5.97 Å². The van der Waals surface area contributed by atoms with Crippen LogP contribution in [0.1, 0.15) is 0 Å². The number of fused-ring (bicyclic) bond motifs is 1. The van der Waals surface area contributed by atoms with Gasteiger partial charge in [-0.05, 0) is 12.1 Å². The van der Waals surface area contributed by atoms with E-state index in [1.807, 2.05) is 0 Å². The first-order chi connectivity index (χ1) is 7.16. The molecule has 1 N–H and O–H groups in total. The van der Waals surface area contributed by atoms with Gasteiger partial charge in [-0.1, -0.05) is 5.21 Å². The van der Waals surface area contributed by atoms with Gasteiger partial charge in [0, 0.05) is 13.1 Å². The summed E-state index contributed by atoms with van der Waals surface area (Å²) in [5.74, 6) is -0.506. The molecule has 6 nitrogen and oxygen atoms in total. The van der Waals surface area contributed by atoms with Crippen molar-refractivity contribution in [2.45, 2.75) is 0 Å². The summed E-state index contributed by atoms with van der Waals surface area (Å²) in [5.41, 5.74) is 1.55. The van der Waals surface area contributed by atoms with Crippen LogP contribution in [0.5, 0.6) is 5.75 Å². The Balaban J connectivity index is 2.29. The topological polar surface area (TPSA) is 77.2 Å². The quantitative estimate of drug-likeness (QED) is 0.789. The molecule has 0 aliphatic rings. The smallest absolute Gasteiger partial charge is 0.341 e. The first kappa shape index (κ1) is 9.45. The zero-order valence-corrected chi connectivity index (χ0v) is 8.04. The van der Waals surface area contributed by atoms with E-state index in [4.69, 9.17) is 9.84 Å². The highest BCUT2D eigenvalue weighted by Crippen LogP contribution is 2.18. The molecule has 2 aromatic rings. The van der Waals surface area contributed by atoms with E-state index in [1.54, 1.807) is 29.9 Å². The van der Waals surface area contributed by atoms with Crippen LogP contribution >= 0.6 is 0 Å². The van der Waals surface area contributed by atoms with Gasteiger partial charge in [0.2, 0.25) is 0 Å². The summed E-state index contributed by atoms with van der Waals surface area (Å²) in [6, 6.07) is 5.11. The Hall–Kier alpha value is -2.11. The van der Waals surface area contributed by atoms with Crippen LogP contribution in [0, 0.1) is 0 Å². The van der Waals surface area contributed by atoms with Gasteiger partial charge in [0.25, 0.3) is 0 Å². The fourth-order valence-electron chi connectivity index (χ4n) is 1.25. The summed E-state index contributed by atoms with van der Waals surface area (Å²) in [7, 11) is 1.76. The predicted octanol–water partition coefficient (Wildman–Crippen LogP) is 0.432. The maximum atomic E-state index is 10.3. The Morgan fingerprint density at radius 2 is 2.40 bits per heavy atom. The number of carbonyl (C=O) groups is 1. The molecule has 0 saturated carbocycles. The summed E-state index contributed by atoms with van der Waals surface area (Å²) in [6.07, 6.45) is 0. The molecule has 1 aromatic heterocycles. The Labute approximate surface area is 85.1 Å². The molecule has 2 rings (SSSR count). The van der Waals surface area contributed by atoms with Crippen LogP contribution in [0.15, 0.2) is 18.2 Å². The molecule has 0 aliphatic heterocycles.